The normalized spacial score (nSPS) is 16.6. The molecule has 0 bridgehead atoms. The summed E-state index contributed by atoms with van der Waals surface area (Å²) in [6, 6.07) is 0. The van der Waals surface area contributed by atoms with Gasteiger partial charge in [0, 0.05) is 0 Å². The van der Waals surface area contributed by atoms with Gasteiger partial charge in [0.1, 0.15) is 13.2 Å². The number of rotatable bonds is 11. The predicted octanol–water partition coefficient (Wildman–Crippen LogP) is 3.00. The van der Waals surface area contributed by atoms with E-state index in [0.29, 0.717) is 11.0 Å². The second-order valence-corrected chi connectivity index (χ2v) is 10.8. The first-order chi connectivity index (χ1) is 9.68. The number of phosphoric ester groups is 1. The predicted molar refractivity (Wildman–Crippen MR) is 93.0 cm³/mol. The summed E-state index contributed by atoms with van der Waals surface area (Å²) < 4.78 is 22.5. The topological polar surface area (TPSA) is 58.6 Å². The Bertz CT molecular complexity index is 380. The second kappa shape index (κ2) is 8.50. The van der Waals surface area contributed by atoms with Gasteiger partial charge in [-0.15, -0.1) is 0 Å². The van der Waals surface area contributed by atoms with E-state index in [1.165, 1.54) is 0 Å². The van der Waals surface area contributed by atoms with Crippen LogP contribution in [0.3, 0.4) is 0 Å². The van der Waals surface area contributed by atoms with E-state index >= 15 is 0 Å². The van der Waals surface area contributed by atoms with Gasteiger partial charge in [0.25, 0.3) is 7.82 Å². The Labute approximate surface area is 141 Å². The number of hydrogen-bond acceptors (Lipinski definition) is 5. The fourth-order valence-electron chi connectivity index (χ4n) is 2.51. The van der Waals surface area contributed by atoms with Crippen molar-refractivity contribution in [2.24, 2.45) is 10.8 Å². The van der Waals surface area contributed by atoms with Crippen molar-refractivity contribution in [2.45, 2.75) is 34.1 Å². The Morgan fingerprint density at radius 2 is 1.64 bits per heavy atom. The average Bonchev–Trinajstić information content (AvgIpc) is 2.23. The maximum atomic E-state index is 11.8. The van der Waals surface area contributed by atoms with Gasteiger partial charge in [-0.1, -0.05) is 27.7 Å². The molecule has 1 unspecified atom stereocenters. The number of phosphoric acid groups is 1. The minimum atomic E-state index is -4.22. The molecular formula is C15H34NO4PS. The fraction of sp³-hybridized carbons (Fsp3) is 1.00. The standard InChI is InChI=1S/C15H34NO4PS/c1-14(2,11-15(3,4)13-22-8)12-20-21(17,18)19-10-9-16(5,6)7/h9-13H2,1-8H3. The highest BCUT2D eigenvalue weighted by molar-refractivity contribution is 7.98. The first kappa shape index (κ1) is 22.4. The van der Waals surface area contributed by atoms with E-state index in [2.05, 4.69) is 20.1 Å². The summed E-state index contributed by atoms with van der Waals surface area (Å²) in [5.74, 6) is 1.03. The monoisotopic (exact) mass is 355 g/mol. The van der Waals surface area contributed by atoms with E-state index in [4.69, 9.17) is 9.05 Å². The first-order valence-electron chi connectivity index (χ1n) is 7.58. The van der Waals surface area contributed by atoms with Crippen molar-refractivity contribution in [2.75, 3.05) is 52.9 Å². The highest BCUT2D eigenvalue weighted by atomic mass is 32.2. The Kier molecular flexibility index (Phi) is 8.66. The smallest absolute Gasteiger partial charge is 0.268 e. The Hall–Kier alpha value is 0.420. The Morgan fingerprint density at radius 1 is 1.09 bits per heavy atom. The van der Waals surface area contributed by atoms with Crippen LogP contribution in [0.5, 0.6) is 0 Å². The van der Waals surface area contributed by atoms with E-state index in [-0.39, 0.29) is 24.0 Å². The van der Waals surface area contributed by atoms with Crippen molar-refractivity contribution in [3.8, 4) is 0 Å². The van der Waals surface area contributed by atoms with E-state index in [0.717, 1.165) is 12.2 Å². The van der Waals surface area contributed by atoms with E-state index in [1.807, 2.05) is 35.0 Å². The molecule has 0 radical (unpaired) electrons. The highest BCUT2D eigenvalue weighted by Gasteiger charge is 2.30. The van der Waals surface area contributed by atoms with Crippen LogP contribution >= 0.6 is 19.6 Å². The zero-order valence-corrected chi connectivity index (χ0v) is 17.2. The van der Waals surface area contributed by atoms with E-state index in [1.54, 1.807) is 11.8 Å². The Balaban J connectivity index is 4.35. The van der Waals surface area contributed by atoms with Crippen LogP contribution in [0.1, 0.15) is 34.1 Å². The molecule has 0 heterocycles. The van der Waals surface area contributed by atoms with Crippen LogP contribution in [-0.2, 0) is 13.6 Å². The molecule has 0 saturated heterocycles. The molecule has 0 saturated carbocycles. The number of hydrogen-bond donors (Lipinski definition) is 0. The summed E-state index contributed by atoms with van der Waals surface area (Å²) in [6.07, 6.45) is 2.97. The lowest BCUT2D eigenvalue weighted by molar-refractivity contribution is -0.870. The minimum Gasteiger partial charge on any atom is -0.756 e. The SMILES string of the molecule is CSCC(C)(C)CC(C)(C)COP(=O)([O-])OCC[N+](C)(C)C. The number of thioether (sulfide) groups is 1. The third kappa shape index (κ3) is 11.9. The van der Waals surface area contributed by atoms with Crippen LogP contribution in [0, 0.1) is 10.8 Å². The third-order valence-corrected chi connectivity index (χ3v) is 5.13. The molecule has 0 amide bonds. The molecule has 0 aliphatic rings. The van der Waals surface area contributed by atoms with E-state index < -0.39 is 7.82 Å². The van der Waals surface area contributed by atoms with Gasteiger partial charge in [0.15, 0.2) is 0 Å². The maximum absolute atomic E-state index is 11.8. The molecular weight excluding hydrogens is 321 g/mol. The van der Waals surface area contributed by atoms with Crippen molar-refractivity contribution < 1.29 is 23.0 Å². The largest absolute Gasteiger partial charge is 0.756 e. The van der Waals surface area contributed by atoms with Crippen molar-refractivity contribution in [1.29, 1.82) is 0 Å². The van der Waals surface area contributed by atoms with Crippen LogP contribution in [0.2, 0.25) is 0 Å². The summed E-state index contributed by atoms with van der Waals surface area (Å²) in [7, 11) is 1.73. The van der Waals surface area contributed by atoms with E-state index in [9.17, 15) is 9.46 Å². The lowest BCUT2D eigenvalue weighted by Gasteiger charge is -2.36. The molecule has 5 nitrogen and oxygen atoms in total. The molecule has 0 aliphatic carbocycles. The van der Waals surface area contributed by atoms with Crippen LogP contribution in [0.25, 0.3) is 0 Å². The fourth-order valence-corrected chi connectivity index (χ4v) is 4.28. The van der Waals surface area contributed by atoms with Gasteiger partial charge in [-0.3, -0.25) is 4.57 Å². The minimum absolute atomic E-state index is 0.142. The van der Waals surface area contributed by atoms with Gasteiger partial charge in [-0.25, -0.2) is 0 Å². The van der Waals surface area contributed by atoms with Gasteiger partial charge in [-0.05, 0) is 29.3 Å². The zero-order chi connectivity index (χ0) is 17.7. The molecule has 0 aromatic rings. The molecule has 7 heteroatoms. The van der Waals surface area contributed by atoms with Crippen LogP contribution in [0.4, 0.5) is 0 Å². The summed E-state index contributed by atoms with van der Waals surface area (Å²) in [6.45, 7) is 9.35. The third-order valence-electron chi connectivity index (χ3n) is 3.12. The van der Waals surface area contributed by atoms with Gasteiger partial charge in [0.2, 0.25) is 0 Å². The molecule has 0 aliphatic heterocycles. The van der Waals surface area contributed by atoms with Gasteiger partial charge < -0.3 is 18.4 Å². The molecule has 134 valence electrons. The maximum Gasteiger partial charge on any atom is 0.268 e. The quantitative estimate of drug-likeness (QED) is 0.421. The highest BCUT2D eigenvalue weighted by Crippen LogP contribution is 2.43. The van der Waals surface area contributed by atoms with Gasteiger partial charge in [-0.2, -0.15) is 11.8 Å². The molecule has 0 aromatic heterocycles. The second-order valence-electron chi connectivity index (χ2n) is 8.51. The molecule has 0 N–H and O–H groups in total. The van der Waals surface area contributed by atoms with Crippen LogP contribution in [-0.4, -0.2) is 57.4 Å². The van der Waals surface area contributed by atoms with Gasteiger partial charge in [0.05, 0.1) is 27.7 Å². The van der Waals surface area contributed by atoms with Crippen LogP contribution < -0.4 is 4.89 Å². The van der Waals surface area contributed by atoms with Crippen molar-refractivity contribution in [3.63, 3.8) is 0 Å². The Morgan fingerprint density at radius 3 is 2.09 bits per heavy atom. The van der Waals surface area contributed by atoms with Crippen molar-refractivity contribution >= 4 is 19.6 Å². The number of likely N-dealkylation sites (N-methyl/N-ethyl adjacent to an activating group) is 1. The average molecular weight is 355 g/mol. The van der Waals surface area contributed by atoms with Gasteiger partial charge >= 0.3 is 0 Å². The zero-order valence-electron chi connectivity index (χ0n) is 15.5. The molecule has 0 aromatic carbocycles. The molecule has 1 atom stereocenters. The molecule has 0 spiro atoms. The van der Waals surface area contributed by atoms with Crippen LogP contribution in [0.15, 0.2) is 0 Å². The molecule has 0 rings (SSSR count). The summed E-state index contributed by atoms with van der Waals surface area (Å²) >= 11 is 1.80. The number of nitrogens with zero attached hydrogens (tertiary/aromatic N) is 1. The lowest BCUT2D eigenvalue weighted by Crippen LogP contribution is -2.37. The molecule has 0 fully saturated rings. The van der Waals surface area contributed by atoms with Crippen molar-refractivity contribution in [1.82, 2.24) is 0 Å². The molecule has 22 heavy (non-hydrogen) atoms. The lowest BCUT2D eigenvalue weighted by atomic mass is 9.77. The number of quaternary nitrogens is 1. The summed E-state index contributed by atoms with van der Waals surface area (Å²) in [5.41, 5.74) is -0.0769. The first-order valence-corrected chi connectivity index (χ1v) is 10.4. The summed E-state index contributed by atoms with van der Waals surface area (Å²) in [4.78, 5) is 11.8. The van der Waals surface area contributed by atoms with Crippen molar-refractivity contribution in [3.05, 3.63) is 0 Å². The summed E-state index contributed by atoms with van der Waals surface area (Å²) in [5, 5.41) is 0.